The molecule has 0 radical (unpaired) electrons. The number of hydrogen-bond acceptors (Lipinski definition) is 4. The average Bonchev–Trinajstić information content (AvgIpc) is 2.86. The van der Waals surface area contributed by atoms with Crippen LogP contribution in [0.1, 0.15) is 17.0 Å². The molecule has 1 aromatic carbocycles. The van der Waals surface area contributed by atoms with Crippen molar-refractivity contribution in [1.82, 2.24) is 14.7 Å². The Morgan fingerprint density at radius 3 is 2.88 bits per heavy atom. The highest BCUT2D eigenvalue weighted by molar-refractivity contribution is 5.72. The summed E-state index contributed by atoms with van der Waals surface area (Å²) in [6.07, 6.45) is -0.843. The van der Waals surface area contributed by atoms with Crippen LogP contribution in [-0.2, 0) is 16.1 Å². The highest BCUT2D eigenvalue weighted by atomic mass is 19.1. The maximum atomic E-state index is 13.8. The van der Waals surface area contributed by atoms with Crippen LogP contribution < -0.4 is 0 Å². The minimum atomic E-state index is -0.974. The first-order valence-electron chi connectivity index (χ1n) is 7.83. The Hall–Kier alpha value is -2.25. The van der Waals surface area contributed by atoms with Crippen LogP contribution in [0.5, 0.6) is 0 Å². The molecule has 128 valence electrons. The van der Waals surface area contributed by atoms with Crippen molar-refractivity contribution in [2.45, 2.75) is 26.5 Å². The standard InChI is InChI=1S/C17H20FN3O3/c1-11-7-12(2)21(19-11)15-4-3-14(18)8-13(15)9-20-5-6-24-16(10-20)17(22)23/h3-4,7-8,16H,5-6,9-10H2,1-2H3,(H,22,23)/t16-/m1/s1. The van der Waals surface area contributed by atoms with Crippen LogP contribution >= 0.6 is 0 Å². The number of carboxylic acid groups (broad SMARTS) is 1. The normalized spacial score (nSPS) is 18.7. The van der Waals surface area contributed by atoms with Gasteiger partial charge in [0, 0.05) is 25.3 Å². The highest BCUT2D eigenvalue weighted by Crippen LogP contribution is 2.21. The first kappa shape index (κ1) is 16.6. The Kier molecular flexibility index (Phi) is 4.64. The topological polar surface area (TPSA) is 67.6 Å². The largest absolute Gasteiger partial charge is 0.479 e. The van der Waals surface area contributed by atoms with Crippen molar-refractivity contribution in [3.63, 3.8) is 0 Å². The summed E-state index contributed by atoms with van der Waals surface area (Å²) in [5.41, 5.74) is 3.43. The molecular formula is C17H20FN3O3. The molecule has 2 aromatic rings. The lowest BCUT2D eigenvalue weighted by molar-refractivity contribution is -0.156. The maximum absolute atomic E-state index is 13.8. The zero-order valence-corrected chi connectivity index (χ0v) is 13.7. The van der Waals surface area contributed by atoms with Gasteiger partial charge < -0.3 is 9.84 Å². The molecule has 0 saturated carbocycles. The third-order valence-electron chi connectivity index (χ3n) is 4.10. The van der Waals surface area contributed by atoms with Gasteiger partial charge in [0.2, 0.25) is 0 Å². The minimum Gasteiger partial charge on any atom is -0.479 e. The van der Waals surface area contributed by atoms with E-state index in [2.05, 4.69) is 5.10 Å². The Labute approximate surface area is 139 Å². The number of rotatable bonds is 4. The van der Waals surface area contributed by atoms with Crippen molar-refractivity contribution in [3.8, 4) is 5.69 Å². The molecule has 0 unspecified atom stereocenters. The number of carbonyl (C=O) groups is 1. The predicted octanol–water partition coefficient (Wildman–Crippen LogP) is 1.91. The number of aromatic nitrogens is 2. The molecule has 2 heterocycles. The monoisotopic (exact) mass is 333 g/mol. The van der Waals surface area contributed by atoms with E-state index in [1.165, 1.54) is 12.1 Å². The van der Waals surface area contributed by atoms with Gasteiger partial charge in [-0.2, -0.15) is 5.10 Å². The van der Waals surface area contributed by atoms with Gasteiger partial charge in [0.05, 0.1) is 18.0 Å². The van der Waals surface area contributed by atoms with E-state index in [-0.39, 0.29) is 12.4 Å². The minimum absolute atomic E-state index is 0.280. The number of hydrogen-bond donors (Lipinski definition) is 1. The quantitative estimate of drug-likeness (QED) is 0.926. The predicted molar refractivity (Wildman–Crippen MR) is 85.6 cm³/mol. The van der Waals surface area contributed by atoms with Gasteiger partial charge in [-0.15, -0.1) is 0 Å². The van der Waals surface area contributed by atoms with Crippen LogP contribution in [0, 0.1) is 19.7 Å². The zero-order valence-electron chi connectivity index (χ0n) is 13.7. The molecule has 1 fully saturated rings. The molecule has 0 aliphatic carbocycles. The van der Waals surface area contributed by atoms with Crippen LogP contribution in [-0.4, -0.2) is 51.6 Å². The molecule has 1 aliphatic rings. The van der Waals surface area contributed by atoms with Crippen LogP contribution in [0.3, 0.4) is 0 Å². The zero-order chi connectivity index (χ0) is 17.3. The second-order valence-electron chi connectivity index (χ2n) is 6.04. The number of aliphatic carboxylic acids is 1. The van der Waals surface area contributed by atoms with Crippen LogP contribution in [0.4, 0.5) is 4.39 Å². The molecule has 1 atom stereocenters. The Bertz CT molecular complexity index is 760. The molecule has 0 amide bonds. The van der Waals surface area contributed by atoms with E-state index in [0.29, 0.717) is 19.7 Å². The number of halogens is 1. The Morgan fingerprint density at radius 2 is 2.21 bits per heavy atom. The van der Waals surface area contributed by atoms with Crippen molar-refractivity contribution in [3.05, 3.63) is 47.0 Å². The van der Waals surface area contributed by atoms with E-state index in [9.17, 15) is 9.18 Å². The molecule has 0 spiro atoms. The second-order valence-corrected chi connectivity index (χ2v) is 6.04. The van der Waals surface area contributed by atoms with Crippen molar-refractivity contribution in [2.75, 3.05) is 19.7 Å². The lowest BCUT2D eigenvalue weighted by Crippen LogP contribution is -2.45. The van der Waals surface area contributed by atoms with Crippen LogP contribution in [0.15, 0.2) is 24.3 Å². The lowest BCUT2D eigenvalue weighted by atomic mass is 10.1. The van der Waals surface area contributed by atoms with Gasteiger partial charge in [-0.05, 0) is 43.7 Å². The molecule has 1 saturated heterocycles. The summed E-state index contributed by atoms with van der Waals surface area (Å²) in [7, 11) is 0. The maximum Gasteiger partial charge on any atom is 0.334 e. The molecular weight excluding hydrogens is 313 g/mol. The molecule has 1 aliphatic heterocycles. The molecule has 1 N–H and O–H groups in total. The van der Waals surface area contributed by atoms with E-state index in [4.69, 9.17) is 9.84 Å². The van der Waals surface area contributed by atoms with Gasteiger partial charge >= 0.3 is 5.97 Å². The van der Waals surface area contributed by atoms with Gasteiger partial charge in [0.25, 0.3) is 0 Å². The van der Waals surface area contributed by atoms with Crippen molar-refractivity contribution >= 4 is 5.97 Å². The third-order valence-corrected chi connectivity index (χ3v) is 4.10. The molecule has 24 heavy (non-hydrogen) atoms. The second kappa shape index (κ2) is 6.70. The fourth-order valence-corrected chi connectivity index (χ4v) is 3.00. The first-order chi connectivity index (χ1) is 11.4. The summed E-state index contributed by atoms with van der Waals surface area (Å²) in [6.45, 7) is 5.54. The van der Waals surface area contributed by atoms with Gasteiger partial charge in [0.15, 0.2) is 6.10 Å². The van der Waals surface area contributed by atoms with Crippen molar-refractivity contribution in [2.24, 2.45) is 0 Å². The molecule has 3 rings (SSSR count). The van der Waals surface area contributed by atoms with Gasteiger partial charge in [-0.3, -0.25) is 4.90 Å². The van der Waals surface area contributed by atoms with Gasteiger partial charge in [0.1, 0.15) is 5.82 Å². The highest BCUT2D eigenvalue weighted by Gasteiger charge is 2.26. The molecule has 1 aromatic heterocycles. The number of benzene rings is 1. The summed E-state index contributed by atoms with van der Waals surface area (Å²) in [4.78, 5) is 13.1. The smallest absolute Gasteiger partial charge is 0.334 e. The number of ether oxygens (including phenoxy) is 1. The van der Waals surface area contributed by atoms with Crippen LogP contribution in [0.2, 0.25) is 0 Å². The van der Waals surface area contributed by atoms with E-state index >= 15 is 0 Å². The van der Waals surface area contributed by atoms with E-state index in [0.717, 1.165) is 22.6 Å². The third kappa shape index (κ3) is 3.47. The number of nitrogens with zero attached hydrogens (tertiary/aromatic N) is 3. The van der Waals surface area contributed by atoms with Crippen molar-refractivity contribution < 1.29 is 19.0 Å². The number of carboxylic acids is 1. The Morgan fingerprint density at radius 1 is 1.42 bits per heavy atom. The molecule has 7 heteroatoms. The lowest BCUT2D eigenvalue weighted by Gasteiger charge is -2.31. The summed E-state index contributed by atoms with van der Waals surface area (Å²) < 4.78 is 20.8. The SMILES string of the molecule is Cc1cc(C)n(-c2ccc(F)cc2CN2CCO[C@@H](C(=O)O)C2)n1. The summed E-state index contributed by atoms with van der Waals surface area (Å²) >= 11 is 0. The summed E-state index contributed by atoms with van der Waals surface area (Å²) in [5.74, 6) is -1.30. The fourth-order valence-electron chi connectivity index (χ4n) is 3.00. The molecule has 0 bridgehead atoms. The van der Waals surface area contributed by atoms with Gasteiger partial charge in [-0.25, -0.2) is 13.9 Å². The van der Waals surface area contributed by atoms with Crippen LogP contribution in [0.25, 0.3) is 5.69 Å². The number of aryl methyl sites for hydroxylation is 2. The van der Waals surface area contributed by atoms with E-state index < -0.39 is 12.1 Å². The van der Waals surface area contributed by atoms with E-state index in [1.807, 2.05) is 24.8 Å². The first-order valence-corrected chi connectivity index (χ1v) is 7.83. The summed E-state index contributed by atoms with van der Waals surface area (Å²) in [5, 5.41) is 13.6. The average molecular weight is 333 g/mol. The Balaban J connectivity index is 1.89. The molecule has 6 nitrogen and oxygen atoms in total. The summed E-state index contributed by atoms with van der Waals surface area (Å²) in [6, 6.07) is 6.56. The van der Waals surface area contributed by atoms with Gasteiger partial charge in [-0.1, -0.05) is 0 Å². The van der Waals surface area contributed by atoms with Crippen molar-refractivity contribution in [1.29, 1.82) is 0 Å². The number of morpholine rings is 1. The van der Waals surface area contributed by atoms with E-state index in [1.54, 1.807) is 10.7 Å². The fraction of sp³-hybridized carbons (Fsp3) is 0.412.